The molecule has 0 aliphatic carbocycles. The van der Waals surface area contributed by atoms with Crippen molar-refractivity contribution in [2.45, 2.75) is 16.7 Å². The van der Waals surface area contributed by atoms with Gasteiger partial charge in [0.15, 0.2) is 0 Å². The Morgan fingerprint density at radius 1 is 1.22 bits per heavy atom. The number of nitrogens with zero attached hydrogens (tertiary/aromatic N) is 2. The third-order valence-corrected chi connectivity index (χ3v) is 5.50. The Bertz CT molecular complexity index is 704. The summed E-state index contributed by atoms with van der Waals surface area (Å²) in [6.07, 6.45) is 2.05. The first-order valence-electron chi connectivity index (χ1n) is 7.19. The topological polar surface area (TPSA) is 41.6 Å². The van der Waals surface area contributed by atoms with E-state index in [1.54, 1.807) is 23.5 Å². The molecule has 2 aromatic rings. The van der Waals surface area contributed by atoms with Gasteiger partial charge in [0.05, 0.1) is 11.4 Å². The van der Waals surface area contributed by atoms with Crippen molar-refractivity contribution >= 4 is 56.8 Å². The Balaban J connectivity index is 2.29. The molecule has 2 N–H and O–H groups in total. The molecule has 0 unspecified atom stereocenters. The normalized spacial score (nSPS) is 11.6. The van der Waals surface area contributed by atoms with Crippen LogP contribution in [-0.4, -0.2) is 25.0 Å². The van der Waals surface area contributed by atoms with E-state index in [9.17, 15) is 0 Å². The zero-order valence-corrected chi connectivity index (χ0v) is 16.6. The second kappa shape index (κ2) is 8.66. The standard InChI is InChI=1S/C17H20BrN3S2/c1-4-23-14-8-9-15(18)16(11-14)21(2)17(19)20-12-6-5-7-13(10-12)22-3/h5-11H,4H2,1-3H3,(H2,19,20). The molecule has 0 fully saturated rings. The van der Waals surface area contributed by atoms with Crippen molar-refractivity contribution in [1.82, 2.24) is 0 Å². The van der Waals surface area contributed by atoms with Crippen molar-refractivity contribution in [3.8, 4) is 0 Å². The second-order valence-corrected chi connectivity index (χ2v) is 7.85. The first kappa shape index (κ1) is 18.2. The second-order valence-electron chi connectivity index (χ2n) is 4.78. The smallest absolute Gasteiger partial charge is 0.200 e. The summed E-state index contributed by atoms with van der Waals surface area (Å²) >= 11 is 7.09. The van der Waals surface area contributed by atoms with Gasteiger partial charge in [0.2, 0.25) is 5.96 Å². The van der Waals surface area contributed by atoms with Gasteiger partial charge in [-0.25, -0.2) is 4.99 Å². The molecular weight excluding hydrogens is 390 g/mol. The van der Waals surface area contributed by atoms with Crippen LogP contribution in [0.4, 0.5) is 11.4 Å². The largest absolute Gasteiger partial charge is 0.369 e. The summed E-state index contributed by atoms with van der Waals surface area (Å²) in [6.45, 7) is 2.14. The number of halogens is 1. The minimum Gasteiger partial charge on any atom is -0.369 e. The van der Waals surface area contributed by atoms with E-state index in [1.807, 2.05) is 42.5 Å². The van der Waals surface area contributed by atoms with Crippen LogP contribution in [0.15, 0.2) is 61.7 Å². The van der Waals surface area contributed by atoms with E-state index in [2.05, 4.69) is 46.0 Å². The Labute approximate surface area is 154 Å². The van der Waals surface area contributed by atoms with Crippen LogP contribution in [0.1, 0.15) is 6.92 Å². The van der Waals surface area contributed by atoms with Gasteiger partial charge in [0.25, 0.3) is 0 Å². The molecular formula is C17H20BrN3S2. The molecule has 0 radical (unpaired) electrons. The number of hydrogen-bond donors (Lipinski definition) is 1. The third kappa shape index (κ3) is 4.93. The molecule has 2 rings (SSSR count). The molecule has 0 aliphatic rings. The quantitative estimate of drug-likeness (QED) is 0.409. The van der Waals surface area contributed by atoms with E-state index in [0.717, 1.165) is 21.6 Å². The fraction of sp³-hybridized carbons (Fsp3) is 0.235. The van der Waals surface area contributed by atoms with Crippen LogP contribution in [0.5, 0.6) is 0 Å². The minimum atomic E-state index is 0.461. The molecule has 122 valence electrons. The van der Waals surface area contributed by atoms with E-state index in [4.69, 9.17) is 5.73 Å². The van der Waals surface area contributed by atoms with Gasteiger partial charge in [-0.1, -0.05) is 13.0 Å². The molecule has 0 bridgehead atoms. The van der Waals surface area contributed by atoms with Gasteiger partial charge in [0.1, 0.15) is 0 Å². The maximum absolute atomic E-state index is 6.21. The van der Waals surface area contributed by atoms with Crippen molar-refractivity contribution in [2.75, 3.05) is 24.0 Å². The van der Waals surface area contributed by atoms with Crippen molar-refractivity contribution < 1.29 is 0 Å². The monoisotopic (exact) mass is 409 g/mol. The highest BCUT2D eigenvalue weighted by Gasteiger charge is 2.10. The van der Waals surface area contributed by atoms with E-state index >= 15 is 0 Å². The molecule has 2 aromatic carbocycles. The van der Waals surface area contributed by atoms with Crippen molar-refractivity contribution in [2.24, 2.45) is 10.7 Å². The molecule has 0 saturated heterocycles. The van der Waals surface area contributed by atoms with Crippen molar-refractivity contribution in [3.05, 3.63) is 46.9 Å². The molecule has 0 aromatic heterocycles. The summed E-state index contributed by atoms with van der Waals surface area (Å²) in [5, 5.41) is 0. The number of guanidine groups is 1. The summed E-state index contributed by atoms with van der Waals surface area (Å²) in [5.74, 6) is 1.50. The number of rotatable bonds is 5. The fourth-order valence-electron chi connectivity index (χ4n) is 2.02. The van der Waals surface area contributed by atoms with Crippen LogP contribution in [0.3, 0.4) is 0 Å². The molecule has 23 heavy (non-hydrogen) atoms. The Morgan fingerprint density at radius 3 is 2.70 bits per heavy atom. The lowest BCUT2D eigenvalue weighted by molar-refractivity contribution is 1.19. The highest BCUT2D eigenvalue weighted by Crippen LogP contribution is 2.31. The minimum absolute atomic E-state index is 0.461. The third-order valence-electron chi connectivity index (χ3n) is 3.23. The number of hydrogen-bond acceptors (Lipinski definition) is 3. The van der Waals surface area contributed by atoms with Gasteiger partial charge < -0.3 is 10.6 Å². The molecule has 0 saturated carbocycles. The molecule has 0 spiro atoms. The molecule has 0 amide bonds. The summed E-state index contributed by atoms with van der Waals surface area (Å²) in [7, 11) is 1.93. The van der Waals surface area contributed by atoms with Crippen LogP contribution in [0.25, 0.3) is 0 Å². The Hall–Kier alpha value is -1.11. The van der Waals surface area contributed by atoms with Gasteiger partial charge >= 0.3 is 0 Å². The first-order chi connectivity index (χ1) is 11.0. The lowest BCUT2D eigenvalue weighted by Gasteiger charge is -2.20. The van der Waals surface area contributed by atoms with E-state index in [0.29, 0.717) is 5.96 Å². The highest BCUT2D eigenvalue weighted by molar-refractivity contribution is 9.10. The molecule has 0 aliphatic heterocycles. The Kier molecular flexibility index (Phi) is 6.87. The number of aliphatic imine (C=N–C) groups is 1. The molecule has 3 nitrogen and oxygen atoms in total. The van der Waals surface area contributed by atoms with Crippen LogP contribution in [0, 0.1) is 0 Å². The lowest BCUT2D eigenvalue weighted by Crippen LogP contribution is -2.33. The van der Waals surface area contributed by atoms with Gasteiger partial charge in [0, 0.05) is 21.3 Å². The summed E-state index contributed by atoms with van der Waals surface area (Å²) in [6, 6.07) is 14.3. The average Bonchev–Trinajstić information content (AvgIpc) is 2.56. The van der Waals surface area contributed by atoms with Gasteiger partial charge in [-0.05, 0) is 64.3 Å². The lowest BCUT2D eigenvalue weighted by atomic mass is 10.3. The van der Waals surface area contributed by atoms with Gasteiger partial charge in [-0.15, -0.1) is 23.5 Å². The van der Waals surface area contributed by atoms with Gasteiger partial charge in [-0.2, -0.15) is 0 Å². The zero-order chi connectivity index (χ0) is 16.8. The van der Waals surface area contributed by atoms with Crippen LogP contribution < -0.4 is 10.6 Å². The van der Waals surface area contributed by atoms with E-state index in [-0.39, 0.29) is 0 Å². The average molecular weight is 410 g/mol. The van der Waals surface area contributed by atoms with E-state index < -0.39 is 0 Å². The zero-order valence-electron chi connectivity index (χ0n) is 13.4. The summed E-state index contributed by atoms with van der Waals surface area (Å²) < 4.78 is 0.997. The van der Waals surface area contributed by atoms with Crippen LogP contribution in [-0.2, 0) is 0 Å². The van der Waals surface area contributed by atoms with E-state index in [1.165, 1.54) is 9.79 Å². The molecule has 0 atom stereocenters. The molecule has 6 heteroatoms. The fourth-order valence-corrected chi connectivity index (χ4v) is 3.68. The predicted molar refractivity (Wildman–Crippen MR) is 108 cm³/mol. The number of anilines is 1. The SMILES string of the molecule is CCSc1ccc(Br)c(N(C)C(N)=Nc2cccc(SC)c2)c1. The van der Waals surface area contributed by atoms with Crippen LogP contribution in [0.2, 0.25) is 0 Å². The first-order valence-corrected chi connectivity index (χ1v) is 10.2. The highest BCUT2D eigenvalue weighted by atomic mass is 79.9. The maximum Gasteiger partial charge on any atom is 0.200 e. The summed E-state index contributed by atoms with van der Waals surface area (Å²) in [4.78, 5) is 8.83. The predicted octanol–water partition coefficient (Wildman–Crippen LogP) is 5.37. The van der Waals surface area contributed by atoms with Crippen LogP contribution >= 0.6 is 39.5 Å². The van der Waals surface area contributed by atoms with Crippen molar-refractivity contribution in [1.29, 1.82) is 0 Å². The number of nitrogens with two attached hydrogens (primary N) is 1. The number of thioether (sulfide) groups is 2. The van der Waals surface area contributed by atoms with Gasteiger partial charge in [-0.3, -0.25) is 0 Å². The van der Waals surface area contributed by atoms with Crippen molar-refractivity contribution in [3.63, 3.8) is 0 Å². The maximum atomic E-state index is 6.21. The Morgan fingerprint density at radius 2 is 2.00 bits per heavy atom. The summed E-state index contributed by atoms with van der Waals surface area (Å²) in [5.41, 5.74) is 8.07. The molecule has 0 heterocycles. The number of benzene rings is 2.